The van der Waals surface area contributed by atoms with Crippen molar-refractivity contribution in [1.29, 1.82) is 5.26 Å². The highest BCUT2D eigenvalue weighted by molar-refractivity contribution is 5.72. The summed E-state index contributed by atoms with van der Waals surface area (Å²) in [6.07, 6.45) is 1.49. The summed E-state index contributed by atoms with van der Waals surface area (Å²) >= 11 is 0. The zero-order valence-electron chi connectivity index (χ0n) is 10.8. The van der Waals surface area contributed by atoms with E-state index < -0.39 is 11.4 Å². The Morgan fingerprint density at radius 3 is 2.81 bits per heavy atom. The molecule has 1 aromatic carbocycles. The molecule has 3 aromatic rings. The Hall–Kier alpha value is -3.20. The van der Waals surface area contributed by atoms with Gasteiger partial charge in [-0.15, -0.1) is 0 Å². The van der Waals surface area contributed by atoms with Crippen molar-refractivity contribution in [3.05, 3.63) is 74.7 Å². The van der Waals surface area contributed by atoms with Gasteiger partial charge in [0.05, 0.1) is 18.2 Å². The van der Waals surface area contributed by atoms with Crippen molar-refractivity contribution >= 4 is 11.0 Å². The Kier molecular flexibility index (Phi) is 3.09. The second kappa shape index (κ2) is 5.06. The van der Waals surface area contributed by atoms with Crippen molar-refractivity contribution in [3.63, 3.8) is 0 Å². The highest BCUT2D eigenvalue weighted by Crippen LogP contribution is 2.11. The van der Waals surface area contributed by atoms with Gasteiger partial charge < -0.3 is 4.42 Å². The largest absolute Gasteiger partial charge is 0.423 e. The Balaban J connectivity index is 2.25. The predicted octanol–water partition coefficient (Wildman–Crippen LogP) is 1.27. The molecule has 2 heterocycles. The molecule has 6 heteroatoms. The maximum Gasteiger partial charge on any atom is 0.423 e. The molecule has 3 rings (SSSR count). The molecule has 0 saturated heterocycles. The first-order valence-corrected chi connectivity index (χ1v) is 6.17. The molecular weight excluding hydrogens is 270 g/mol. The van der Waals surface area contributed by atoms with E-state index in [0.717, 1.165) is 0 Å². The number of hydrogen-bond donors (Lipinski definition) is 0. The van der Waals surface area contributed by atoms with Crippen LogP contribution in [-0.4, -0.2) is 9.55 Å². The van der Waals surface area contributed by atoms with Gasteiger partial charge in [-0.2, -0.15) is 5.26 Å². The van der Waals surface area contributed by atoms with E-state index in [1.54, 1.807) is 36.4 Å². The van der Waals surface area contributed by atoms with Crippen molar-refractivity contribution in [1.82, 2.24) is 9.55 Å². The molecule has 102 valence electrons. The molecule has 2 aromatic heterocycles. The van der Waals surface area contributed by atoms with Crippen LogP contribution in [0, 0.1) is 11.3 Å². The molecule has 0 radical (unpaired) electrons. The lowest BCUT2D eigenvalue weighted by atomic mass is 10.1. The van der Waals surface area contributed by atoms with E-state index in [-0.39, 0.29) is 17.6 Å². The summed E-state index contributed by atoms with van der Waals surface area (Å²) in [4.78, 5) is 27.7. The molecule has 0 aliphatic carbocycles. The quantitative estimate of drug-likeness (QED) is 0.704. The molecule has 21 heavy (non-hydrogen) atoms. The fraction of sp³-hybridized carbons (Fsp3) is 0.0667. The minimum Gasteiger partial charge on any atom is -0.372 e. The Labute approximate surface area is 118 Å². The van der Waals surface area contributed by atoms with Gasteiger partial charge >= 0.3 is 11.4 Å². The molecule has 0 aliphatic heterocycles. The van der Waals surface area contributed by atoms with E-state index in [1.807, 2.05) is 0 Å². The lowest BCUT2D eigenvalue weighted by Gasteiger charge is -2.08. The number of benzene rings is 1. The molecule has 0 aliphatic rings. The average Bonchev–Trinajstić information content (AvgIpc) is 2.52. The van der Waals surface area contributed by atoms with E-state index in [1.165, 1.54) is 10.8 Å². The molecule has 0 bridgehead atoms. The van der Waals surface area contributed by atoms with Gasteiger partial charge in [0.25, 0.3) is 0 Å². The monoisotopic (exact) mass is 279 g/mol. The van der Waals surface area contributed by atoms with Gasteiger partial charge in [-0.25, -0.2) is 14.6 Å². The van der Waals surface area contributed by atoms with Crippen molar-refractivity contribution in [2.45, 2.75) is 6.54 Å². The third kappa shape index (κ3) is 2.21. The zero-order chi connectivity index (χ0) is 14.8. The SMILES string of the molecule is N#Cc1ccccc1Cn1c(=O)oc(=O)c2cccnc21. The number of rotatable bonds is 2. The highest BCUT2D eigenvalue weighted by atomic mass is 16.4. The summed E-state index contributed by atoms with van der Waals surface area (Å²) < 4.78 is 5.94. The van der Waals surface area contributed by atoms with Crippen LogP contribution >= 0.6 is 0 Å². The first kappa shape index (κ1) is 12.8. The van der Waals surface area contributed by atoms with Crippen LogP contribution in [-0.2, 0) is 6.54 Å². The van der Waals surface area contributed by atoms with Gasteiger partial charge in [0.15, 0.2) is 5.65 Å². The van der Waals surface area contributed by atoms with E-state index in [0.29, 0.717) is 11.1 Å². The van der Waals surface area contributed by atoms with E-state index in [9.17, 15) is 9.59 Å². The number of fused-ring (bicyclic) bond motifs is 1. The van der Waals surface area contributed by atoms with Crippen molar-refractivity contribution < 1.29 is 4.42 Å². The molecule has 6 nitrogen and oxygen atoms in total. The maximum atomic E-state index is 11.9. The van der Waals surface area contributed by atoms with E-state index in [4.69, 9.17) is 9.68 Å². The van der Waals surface area contributed by atoms with Crippen LogP contribution in [0.15, 0.2) is 56.6 Å². The first-order valence-electron chi connectivity index (χ1n) is 6.17. The van der Waals surface area contributed by atoms with E-state index in [2.05, 4.69) is 11.1 Å². The Bertz CT molecular complexity index is 980. The van der Waals surface area contributed by atoms with Gasteiger partial charge in [-0.3, -0.25) is 4.57 Å². The maximum absolute atomic E-state index is 11.9. The van der Waals surface area contributed by atoms with Crippen molar-refractivity contribution in [2.24, 2.45) is 0 Å². The van der Waals surface area contributed by atoms with Gasteiger partial charge in [-0.1, -0.05) is 18.2 Å². The number of pyridine rings is 1. The summed E-state index contributed by atoms with van der Waals surface area (Å²) in [6, 6.07) is 12.1. The summed E-state index contributed by atoms with van der Waals surface area (Å²) in [6.45, 7) is 0.111. The van der Waals surface area contributed by atoms with Gasteiger partial charge in [0.1, 0.15) is 5.39 Å². The number of nitriles is 1. The van der Waals surface area contributed by atoms with Crippen molar-refractivity contribution in [3.8, 4) is 6.07 Å². The number of nitrogens with zero attached hydrogens (tertiary/aromatic N) is 3. The van der Waals surface area contributed by atoms with Crippen LogP contribution in [0.2, 0.25) is 0 Å². The molecule has 0 unspecified atom stereocenters. The normalized spacial score (nSPS) is 10.4. The minimum atomic E-state index is -0.793. The smallest absolute Gasteiger partial charge is 0.372 e. The zero-order valence-corrected chi connectivity index (χ0v) is 10.8. The number of aromatic nitrogens is 2. The summed E-state index contributed by atoms with van der Waals surface area (Å²) in [5, 5.41) is 9.32. The average molecular weight is 279 g/mol. The molecule has 0 saturated carbocycles. The molecular formula is C15H9N3O3. The third-order valence-electron chi connectivity index (χ3n) is 3.13. The van der Waals surface area contributed by atoms with Crippen LogP contribution in [0.1, 0.15) is 11.1 Å². The molecule has 0 amide bonds. The minimum absolute atomic E-state index is 0.111. The Morgan fingerprint density at radius 2 is 2.00 bits per heavy atom. The lowest BCUT2D eigenvalue weighted by Crippen LogP contribution is -2.26. The van der Waals surface area contributed by atoms with Crippen LogP contribution in [0.5, 0.6) is 0 Å². The molecule has 0 N–H and O–H groups in total. The van der Waals surface area contributed by atoms with Crippen LogP contribution in [0.4, 0.5) is 0 Å². The fourth-order valence-corrected chi connectivity index (χ4v) is 2.12. The van der Waals surface area contributed by atoms with Gasteiger partial charge in [-0.05, 0) is 23.8 Å². The summed E-state index contributed by atoms with van der Waals surface area (Å²) in [5.74, 6) is -0.793. The topological polar surface area (TPSA) is 88.9 Å². The fourth-order valence-electron chi connectivity index (χ4n) is 2.12. The lowest BCUT2D eigenvalue weighted by molar-refractivity contribution is 0.423. The van der Waals surface area contributed by atoms with Crippen LogP contribution < -0.4 is 11.4 Å². The summed E-state index contributed by atoms with van der Waals surface area (Å²) in [7, 11) is 0. The molecule has 0 spiro atoms. The predicted molar refractivity (Wildman–Crippen MR) is 74.8 cm³/mol. The second-order valence-corrected chi connectivity index (χ2v) is 4.39. The van der Waals surface area contributed by atoms with E-state index >= 15 is 0 Å². The van der Waals surface area contributed by atoms with Crippen LogP contribution in [0.3, 0.4) is 0 Å². The summed E-state index contributed by atoms with van der Waals surface area (Å²) in [5.41, 5.74) is 0.641. The standard InChI is InChI=1S/C15H9N3O3/c16-8-10-4-1-2-5-11(10)9-18-13-12(6-3-7-17-13)14(19)21-15(18)20/h1-7H,9H2. The second-order valence-electron chi connectivity index (χ2n) is 4.39. The molecule has 0 fully saturated rings. The first-order chi connectivity index (χ1) is 10.2. The van der Waals surface area contributed by atoms with Gasteiger partial charge in [0.2, 0.25) is 0 Å². The van der Waals surface area contributed by atoms with Crippen LogP contribution in [0.25, 0.3) is 11.0 Å². The third-order valence-corrected chi connectivity index (χ3v) is 3.13. The Morgan fingerprint density at radius 1 is 1.19 bits per heavy atom. The number of hydrogen-bond acceptors (Lipinski definition) is 5. The van der Waals surface area contributed by atoms with Gasteiger partial charge in [0, 0.05) is 6.20 Å². The van der Waals surface area contributed by atoms with Crippen molar-refractivity contribution in [2.75, 3.05) is 0 Å². The molecule has 0 atom stereocenters. The highest BCUT2D eigenvalue weighted by Gasteiger charge is 2.12.